The molecular weight excluding hydrogens is 402 g/mol. The first-order chi connectivity index (χ1) is 13.6. The van der Waals surface area contributed by atoms with E-state index in [0.717, 1.165) is 11.6 Å². The highest BCUT2D eigenvalue weighted by molar-refractivity contribution is 7.92. The van der Waals surface area contributed by atoms with E-state index in [4.69, 9.17) is 15.2 Å². The smallest absolute Gasteiger partial charge is 0.338 e. The molecule has 0 aliphatic carbocycles. The second kappa shape index (κ2) is 9.06. The third kappa shape index (κ3) is 5.94. The summed E-state index contributed by atoms with van der Waals surface area (Å²) in [6.07, 6.45) is 0. The highest BCUT2D eigenvalue weighted by Gasteiger charge is 2.23. The van der Waals surface area contributed by atoms with Gasteiger partial charge in [-0.25, -0.2) is 18.0 Å². The van der Waals surface area contributed by atoms with Crippen LogP contribution >= 0.6 is 0 Å². The molecule has 0 bridgehead atoms. The van der Waals surface area contributed by atoms with Crippen molar-refractivity contribution in [2.45, 2.75) is 11.8 Å². The van der Waals surface area contributed by atoms with Crippen LogP contribution in [0.2, 0.25) is 0 Å². The third-order valence-electron chi connectivity index (χ3n) is 3.59. The molecule has 11 heteroatoms. The number of hydrogen-bond acceptors (Lipinski definition) is 7. The van der Waals surface area contributed by atoms with Crippen LogP contribution in [0.5, 0.6) is 5.75 Å². The summed E-state index contributed by atoms with van der Waals surface area (Å²) in [5, 5.41) is 1.73. The lowest BCUT2D eigenvalue weighted by Crippen LogP contribution is -2.37. The van der Waals surface area contributed by atoms with Gasteiger partial charge in [-0.3, -0.25) is 14.8 Å². The summed E-state index contributed by atoms with van der Waals surface area (Å²) in [6.45, 7) is 1.09. The summed E-state index contributed by atoms with van der Waals surface area (Å²) in [5.41, 5.74) is 5.93. The van der Waals surface area contributed by atoms with E-state index in [1.807, 2.05) is 6.92 Å². The number of esters is 1. The topological polar surface area (TPSA) is 154 Å². The van der Waals surface area contributed by atoms with Gasteiger partial charge in [-0.05, 0) is 37.3 Å². The summed E-state index contributed by atoms with van der Waals surface area (Å²) in [4.78, 5) is 33.7. The zero-order chi connectivity index (χ0) is 21.6. The third-order valence-corrected chi connectivity index (χ3v) is 4.99. The van der Waals surface area contributed by atoms with Crippen molar-refractivity contribution < 1.29 is 32.3 Å². The van der Waals surface area contributed by atoms with E-state index >= 15 is 0 Å². The monoisotopic (exact) mass is 421 g/mol. The number of ether oxygens (including phenoxy) is 2. The molecule has 0 saturated heterocycles. The number of methoxy groups -OCH3 is 1. The van der Waals surface area contributed by atoms with E-state index in [2.05, 4.69) is 4.72 Å². The molecule has 4 N–H and O–H groups in total. The van der Waals surface area contributed by atoms with Crippen molar-refractivity contribution in [3.8, 4) is 5.75 Å². The quantitative estimate of drug-likeness (QED) is 0.567. The SMILES string of the molecule is COc1ccc(C(=O)OCC(=O)NC(N)=O)cc1S(=O)(=O)Nc1ccc(C)cc1. The van der Waals surface area contributed by atoms with E-state index in [1.54, 1.807) is 29.6 Å². The number of sulfonamides is 1. The predicted octanol–water partition coefficient (Wildman–Crippen LogP) is 1.16. The summed E-state index contributed by atoms with van der Waals surface area (Å²) < 4.78 is 37.8. The van der Waals surface area contributed by atoms with E-state index in [0.29, 0.717) is 5.69 Å². The van der Waals surface area contributed by atoms with Gasteiger partial charge in [0.2, 0.25) is 0 Å². The molecule has 0 radical (unpaired) electrons. The Balaban J connectivity index is 2.25. The molecule has 2 rings (SSSR count). The number of benzene rings is 2. The van der Waals surface area contributed by atoms with Crippen molar-refractivity contribution in [3.05, 3.63) is 53.6 Å². The van der Waals surface area contributed by atoms with Crippen molar-refractivity contribution >= 4 is 33.6 Å². The first-order valence-corrected chi connectivity index (χ1v) is 9.64. The Morgan fingerprint density at radius 1 is 1.07 bits per heavy atom. The minimum Gasteiger partial charge on any atom is -0.495 e. The maximum atomic E-state index is 12.8. The Kier molecular flexibility index (Phi) is 6.78. The Bertz CT molecular complexity index is 1030. The number of aryl methyl sites for hydroxylation is 1. The molecule has 2 aromatic carbocycles. The lowest BCUT2D eigenvalue weighted by Gasteiger charge is -2.13. The fourth-order valence-electron chi connectivity index (χ4n) is 2.23. The summed E-state index contributed by atoms with van der Waals surface area (Å²) in [7, 11) is -2.81. The fraction of sp³-hybridized carbons (Fsp3) is 0.167. The number of imide groups is 1. The first-order valence-electron chi connectivity index (χ1n) is 8.16. The molecule has 0 spiro atoms. The second-order valence-electron chi connectivity index (χ2n) is 5.83. The van der Waals surface area contributed by atoms with Crippen LogP contribution in [-0.4, -0.2) is 40.0 Å². The van der Waals surface area contributed by atoms with Crippen molar-refractivity contribution in [3.63, 3.8) is 0 Å². The number of rotatable bonds is 7. The Morgan fingerprint density at radius 3 is 2.31 bits per heavy atom. The molecule has 29 heavy (non-hydrogen) atoms. The van der Waals surface area contributed by atoms with Crippen LogP contribution in [0.25, 0.3) is 0 Å². The highest BCUT2D eigenvalue weighted by Crippen LogP contribution is 2.27. The standard InChI is InChI=1S/C18H19N3O7S/c1-11-3-6-13(7-4-11)21-29(25,26)15-9-12(5-8-14(15)27-2)17(23)28-10-16(22)20-18(19)24/h3-9,21H,10H2,1-2H3,(H3,19,20,22,24). The number of primary amides is 1. The van der Waals surface area contributed by atoms with Crippen LogP contribution in [-0.2, 0) is 19.6 Å². The number of carbonyl (C=O) groups excluding carboxylic acids is 3. The van der Waals surface area contributed by atoms with E-state index in [9.17, 15) is 22.8 Å². The Labute approximate surface area is 167 Å². The van der Waals surface area contributed by atoms with E-state index < -0.39 is 34.5 Å². The molecule has 0 aliphatic heterocycles. The van der Waals surface area contributed by atoms with Crippen molar-refractivity contribution in [1.82, 2.24) is 5.32 Å². The van der Waals surface area contributed by atoms with E-state index in [-0.39, 0.29) is 16.2 Å². The number of amides is 3. The van der Waals surface area contributed by atoms with Gasteiger partial charge in [0.15, 0.2) is 6.61 Å². The average molecular weight is 421 g/mol. The first kappa shape index (κ1) is 21.7. The molecule has 10 nitrogen and oxygen atoms in total. The van der Waals surface area contributed by atoms with Crippen molar-refractivity contribution in [2.75, 3.05) is 18.4 Å². The van der Waals surface area contributed by atoms with Crippen molar-refractivity contribution in [1.29, 1.82) is 0 Å². The zero-order valence-corrected chi connectivity index (χ0v) is 16.4. The van der Waals surface area contributed by atoms with Crippen LogP contribution in [0.15, 0.2) is 47.4 Å². The Morgan fingerprint density at radius 2 is 1.72 bits per heavy atom. The van der Waals surface area contributed by atoms with Gasteiger partial charge in [-0.2, -0.15) is 0 Å². The molecule has 0 aliphatic rings. The van der Waals surface area contributed by atoms with Gasteiger partial charge in [0.05, 0.1) is 12.7 Å². The van der Waals surface area contributed by atoms with Gasteiger partial charge in [0.25, 0.3) is 15.9 Å². The molecule has 0 fully saturated rings. The molecule has 0 unspecified atom stereocenters. The maximum absolute atomic E-state index is 12.8. The maximum Gasteiger partial charge on any atom is 0.338 e. The normalized spacial score (nSPS) is 10.7. The summed E-state index contributed by atoms with van der Waals surface area (Å²) in [6, 6.07) is 9.18. The van der Waals surface area contributed by atoms with Crippen molar-refractivity contribution in [2.24, 2.45) is 5.73 Å². The van der Waals surface area contributed by atoms with Gasteiger partial charge >= 0.3 is 12.0 Å². The lowest BCUT2D eigenvalue weighted by atomic mass is 10.2. The van der Waals surface area contributed by atoms with Gasteiger partial charge in [0.1, 0.15) is 10.6 Å². The highest BCUT2D eigenvalue weighted by atomic mass is 32.2. The molecule has 0 atom stereocenters. The zero-order valence-electron chi connectivity index (χ0n) is 15.6. The molecule has 154 valence electrons. The number of carbonyl (C=O) groups is 3. The minimum atomic E-state index is -4.10. The lowest BCUT2D eigenvalue weighted by molar-refractivity contribution is -0.123. The van der Waals surface area contributed by atoms with Crippen LogP contribution in [0.3, 0.4) is 0 Å². The molecule has 3 amide bonds. The molecule has 0 heterocycles. The summed E-state index contributed by atoms with van der Waals surface area (Å²) >= 11 is 0. The van der Waals surface area contributed by atoms with Gasteiger partial charge in [0, 0.05) is 5.69 Å². The predicted molar refractivity (Wildman–Crippen MR) is 103 cm³/mol. The molecule has 0 saturated carbocycles. The minimum absolute atomic E-state index is 0.00707. The summed E-state index contributed by atoms with van der Waals surface area (Å²) in [5.74, 6) is -1.89. The van der Waals surface area contributed by atoms with Crippen LogP contribution < -0.4 is 20.5 Å². The van der Waals surface area contributed by atoms with Gasteiger partial charge in [-0.15, -0.1) is 0 Å². The van der Waals surface area contributed by atoms with Crippen LogP contribution in [0, 0.1) is 6.92 Å². The van der Waals surface area contributed by atoms with Crippen LogP contribution in [0.1, 0.15) is 15.9 Å². The largest absolute Gasteiger partial charge is 0.495 e. The number of nitrogens with two attached hydrogens (primary N) is 1. The average Bonchev–Trinajstić information content (AvgIpc) is 2.66. The number of urea groups is 1. The molecule has 0 aromatic heterocycles. The fourth-order valence-corrected chi connectivity index (χ4v) is 3.49. The Hall–Kier alpha value is -3.60. The number of hydrogen-bond donors (Lipinski definition) is 3. The van der Waals surface area contributed by atoms with Crippen LogP contribution in [0.4, 0.5) is 10.5 Å². The second-order valence-corrected chi connectivity index (χ2v) is 7.48. The van der Waals surface area contributed by atoms with E-state index in [1.165, 1.54) is 19.2 Å². The number of anilines is 1. The molecular formula is C18H19N3O7S. The number of nitrogens with one attached hydrogen (secondary N) is 2. The molecule has 2 aromatic rings. The van der Waals surface area contributed by atoms with Gasteiger partial charge < -0.3 is 15.2 Å². The van der Waals surface area contributed by atoms with Gasteiger partial charge in [-0.1, -0.05) is 17.7 Å².